The van der Waals surface area contributed by atoms with Crippen molar-refractivity contribution in [2.45, 2.75) is 6.54 Å². The number of amides is 1. The van der Waals surface area contributed by atoms with Gasteiger partial charge in [-0.3, -0.25) is 24.3 Å². The van der Waals surface area contributed by atoms with E-state index >= 15 is 0 Å². The molecule has 1 aromatic carbocycles. The van der Waals surface area contributed by atoms with Gasteiger partial charge in [-0.05, 0) is 12.1 Å². The number of nitro benzene ring substituents is 1. The van der Waals surface area contributed by atoms with Crippen molar-refractivity contribution < 1.29 is 14.5 Å². The molecule has 0 radical (unpaired) electrons. The van der Waals surface area contributed by atoms with Gasteiger partial charge in [0.25, 0.3) is 11.2 Å². The zero-order chi connectivity index (χ0) is 19.7. The second kappa shape index (κ2) is 7.19. The fourth-order valence-electron chi connectivity index (χ4n) is 3.02. The van der Waals surface area contributed by atoms with E-state index in [9.17, 15) is 19.7 Å². The number of hydrogen-bond acceptors (Lipinski definition) is 7. The zero-order valence-electron chi connectivity index (χ0n) is 14.7. The number of carbonyl (C=O) groups is 1. The minimum atomic E-state index is -0.493. The van der Waals surface area contributed by atoms with Gasteiger partial charge in [-0.2, -0.15) is 5.10 Å². The standard InChI is InChI=1S/C17H16N6O5/c24-15(20-5-7-28-8-6-20)10-21-11-18-16-14(17(21)25)9-19-22(16)12-1-3-13(4-2-12)23(26)27/h1-4,9,11H,5-8,10H2. The maximum absolute atomic E-state index is 12.7. The van der Waals surface area contributed by atoms with Gasteiger partial charge in [0.2, 0.25) is 5.91 Å². The van der Waals surface area contributed by atoms with Crippen molar-refractivity contribution >= 4 is 22.6 Å². The Balaban J connectivity index is 1.63. The molecule has 0 saturated carbocycles. The number of fused-ring (bicyclic) bond motifs is 1. The SMILES string of the molecule is O=C(Cn1cnc2c(cnn2-c2ccc([N+](=O)[O-])cc2)c1=O)N1CCOCC1. The van der Waals surface area contributed by atoms with E-state index in [4.69, 9.17) is 4.74 Å². The molecule has 0 unspecified atom stereocenters. The number of carbonyl (C=O) groups excluding carboxylic acids is 1. The number of morpholine rings is 1. The lowest BCUT2D eigenvalue weighted by atomic mass is 10.3. The van der Waals surface area contributed by atoms with Gasteiger partial charge >= 0.3 is 0 Å². The van der Waals surface area contributed by atoms with Gasteiger partial charge in [0.05, 0.1) is 30.0 Å². The first-order chi connectivity index (χ1) is 13.5. The van der Waals surface area contributed by atoms with Gasteiger partial charge in [0, 0.05) is 25.2 Å². The third-order valence-corrected chi connectivity index (χ3v) is 4.53. The predicted molar refractivity (Wildman–Crippen MR) is 97.2 cm³/mol. The van der Waals surface area contributed by atoms with E-state index in [-0.39, 0.29) is 29.1 Å². The second-order valence-corrected chi connectivity index (χ2v) is 6.24. The molecule has 2 aromatic heterocycles. The molecule has 0 N–H and O–H groups in total. The normalized spacial score (nSPS) is 14.4. The van der Waals surface area contributed by atoms with Crippen LogP contribution in [0.25, 0.3) is 16.7 Å². The molecule has 1 aliphatic rings. The first-order valence-electron chi connectivity index (χ1n) is 8.58. The summed E-state index contributed by atoms with van der Waals surface area (Å²) in [5, 5.41) is 15.2. The summed E-state index contributed by atoms with van der Waals surface area (Å²) in [6.07, 6.45) is 2.69. The van der Waals surface area contributed by atoms with Crippen LogP contribution in [0.3, 0.4) is 0 Å². The Morgan fingerprint density at radius 3 is 2.61 bits per heavy atom. The van der Waals surface area contributed by atoms with E-state index in [1.807, 2.05) is 0 Å². The summed E-state index contributed by atoms with van der Waals surface area (Å²) in [4.78, 5) is 41.3. The molecule has 11 nitrogen and oxygen atoms in total. The molecule has 1 aliphatic heterocycles. The van der Waals surface area contributed by atoms with Crippen LogP contribution < -0.4 is 5.56 Å². The smallest absolute Gasteiger partial charge is 0.269 e. The van der Waals surface area contributed by atoms with Crippen molar-refractivity contribution in [3.63, 3.8) is 0 Å². The summed E-state index contributed by atoms with van der Waals surface area (Å²) in [6.45, 7) is 1.87. The number of non-ortho nitro benzene ring substituents is 1. The van der Waals surface area contributed by atoms with Crippen LogP contribution in [-0.2, 0) is 16.1 Å². The number of aromatic nitrogens is 4. The van der Waals surface area contributed by atoms with Crippen molar-refractivity contribution in [1.29, 1.82) is 0 Å². The first kappa shape index (κ1) is 17.8. The van der Waals surface area contributed by atoms with Crippen LogP contribution in [0.4, 0.5) is 5.69 Å². The predicted octanol–water partition coefficient (Wildman–Crippen LogP) is 0.349. The number of ether oxygens (including phenoxy) is 1. The van der Waals surface area contributed by atoms with Crippen LogP contribution in [0, 0.1) is 10.1 Å². The minimum absolute atomic E-state index is 0.0443. The third-order valence-electron chi connectivity index (χ3n) is 4.53. The number of rotatable bonds is 4. The highest BCUT2D eigenvalue weighted by Crippen LogP contribution is 2.17. The van der Waals surface area contributed by atoms with Crippen molar-refractivity contribution in [1.82, 2.24) is 24.2 Å². The van der Waals surface area contributed by atoms with E-state index < -0.39 is 4.92 Å². The van der Waals surface area contributed by atoms with Gasteiger partial charge in [-0.1, -0.05) is 0 Å². The molecule has 28 heavy (non-hydrogen) atoms. The number of benzene rings is 1. The fourth-order valence-corrected chi connectivity index (χ4v) is 3.02. The average Bonchev–Trinajstić information content (AvgIpc) is 3.15. The molecule has 3 heterocycles. The molecular weight excluding hydrogens is 368 g/mol. The number of nitrogens with zero attached hydrogens (tertiary/aromatic N) is 6. The Bertz CT molecular complexity index is 1100. The summed E-state index contributed by atoms with van der Waals surface area (Å²) in [5.41, 5.74) is 0.431. The second-order valence-electron chi connectivity index (χ2n) is 6.24. The highest BCUT2D eigenvalue weighted by atomic mass is 16.6. The van der Waals surface area contributed by atoms with Crippen LogP contribution in [0.5, 0.6) is 0 Å². The van der Waals surface area contributed by atoms with Crippen LogP contribution >= 0.6 is 0 Å². The molecule has 0 atom stereocenters. The van der Waals surface area contributed by atoms with E-state index in [0.717, 1.165) is 0 Å². The largest absolute Gasteiger partial charge is 0.378 e. The number of nitro groups is 1. The molecule has 3 aromatic rings. The van der Waals surface area contributed by atoms with Gasteiger partial charge < -0.3 is 9.64 Å². The molecule has 4 rings (SSSR count). The van der Waals surface area contributed by atoms with E-state index in [0.29, 0.717) is 37.6 Å². The molecule has 0 spiro atoms. The van der Waals surface area contributed by atoms with E-state index in [1.165, 1.54) is 46.0 Å². The maximum Gasteiger partial charge on any atom is 0.269 e. The number of hydrogen-bond donors (Lipinski definition) is 0. The quantitative estimate of drug-likeness (QED) is 0.469. The highest BCUT2D eigenvalue weighted by molar-refractivity contribution is 5.78. The highest BCUT2D eigenvalue weighted by Gasteiger charge is 2.19. The first-order valence-corrected chi connectivity index (χ1v) is 8.58. The Kier molecular flexibility index (Phi) is 4.57. The van der Waals surface area contributed by atoms with Gasteiger partial charge in [0.15, 0.2) is 5.65 Å². The molecule has 1 fully saturated rings. The molecule has 0 bridgehead atoms. The average molecular weight is 384 g/mol. The molecule has 1 amide bonds. The summed E-state index contributed by atoms with van der Waals surface area (Å²) >= 11 is 0. The topological polar surface area (TPSA) is 125 Å². The molecule has 0 aliphatic carbocycles. The van der Waals surface area contributed by atoms with E-state index in [1.54, 1.807) is 4.90 Å². The van der Waals surface area contributed by atoms with Crippen molar-refractivity contribution in [3.05, 3.63) is 57.3 Å². The molecule has 11 heteroatoms. The van der Waals surface area contributed by atoms with Crippen LogP contribution in [-0.4, -0.2) is 61.4 Å². The van der Waals surface area contributed by atoms with Gasteiger partial charge in [-0.25, -0.2) is 9.67 Å². The Morgan fingerprint density at radius 2 is 1.93 bits per heavy atom. The van der Waals surface area contributed by atoms with Crippen LogP contribution in [0.1, 0.15) is 0 Å². The molecule has 144 valence electrons. The van der Waals surface area contributed by atoms with Gasteiger partial charge in [-0.15, -0.1) is 0 Å². The lowest BCUT2D eigenvalue weighted by Crippen LogP contribution is -2.43. The summed E-state index contributed by atoms with van der Waals surface area (Å²) in [5.74, 6) is -0.172. The van der Waals surface area contributed by atoms with Crippen LogP contribution in [0.2, 0.25) is 0 Å². The molecular formula is C17H16N6O5. The third kappa shape index (κ3) is 3.22. The summed E-state index contributed by atoms with van der Waals surface area (Å²) < 4.78 is 7.90. The molecule has 1 saturated heterocycles. The van der Waals surface area contributed by atoms with E-state index in [2.05, 4.69) is 10.1 Å². The Hall–Kier alpha value is -3.60. The Labute approximate surface area is 157 Å². The van der Waals surface area contributed by atoms with Crippen molar-refractivity contribution in [2.75, 3.05) is 26.3 Å². The van der Waals surface area contributed by atoms with Gasteiger partial charge in [0.1, 0.15) is 18.3 Å². The van der Waals surface area contributed by atoms with Crippen molar-refractivity contribution in [3.8, 4) is 5.69 Å². The van der Waals surface area contributed by atoms with Crippen molar-refractivity contribution in [2.24, 2.45) is 0 Å². The minimum Gasteiger partial charge on any atom is -0.378 e. The summed E-state index contributed by atoms with van der Waals surface area (Å²) in [6, 6.07) is 5.76. The lowest BCUT2D eigenvalue weighted by molar-refractivity contribution is -0.384. The lowest BCUT2D eigenvalue weighted by Gasteiger charge is -2.26. The summed E-state index contributed by atoms with van der Waals surface area (Å²) in [7, 11) is 0. The maximum atomic E-state index is 12.7. The monoisotopic (exact) mass is 384 g/mol. The zero-order valence-corrected chi connectivity index (χ0v) is 14.7. The Morgan fingerprint density at radius 1 is 1.21 bits per heavy atom. The fraction of sp³-hybridized carbons (Fsp3) is 0.294. The van der Waals surface area contributed by atoms with Crippen LogP contribution in [0.15, 0.2) is 41.6 Å².